The van der Waals surface area contributed by atoms with Crippen molar-refractivity contribution in [2.45, 2.75) is 32.5 Å². The summed E-state index contributed by atoms with van der Waals surface area (Å²) in [6.07, 6.45) is 0. The molecule has 0 N–H and O–H groups in total. The molecule has 0 saturated carbocycles. The fourth-order valence-corrected chi connectivity index (χ4v) is 3.91. The minimum absolute atomic E-state index is 0.0347. The first-order chi connectivity index (χ1) is 13.9. The van der Waals surface area contributed by atoms with E-state index in [-0.39, 0.29) is 30.4 Å². The molecule has 1 aliphatic rings. The lowest BCUT2D eigenvalue weighted by atomic mass is 10.1. The van der Waals surface area contributed by atoms with Crippen molar-refractivity contribution < 1.29 is 18.7 Å². The van der Waals surface area contributed by atoms with Crippen molar-refractivity contribution in [3.8, 4) is 11.5 Å². The third-order valence-electron chi connectivity index (χ3n) is 5.21. The molecule has 0 bridgehead atoms. The molecule has 2 aromatic rings. The monoisotopic (exact) mass is 464 g/mol. The molecule has 29 heavy (non-hydrogen) atoms. The summed E-state index contributed by atoms with van der Waals surface area (Å²) < 4.78 is 25.0. The van der Waals surface area contributed by atoms with Crippen molar-refractivity contribution in [2.75, 3.05) is 26.8 Å². The SMILES string of the molecule is COc1cc(Br)ccc1OCC(=O)N1CC(C)N(Cc2ccc(F)cc2)CC1C. The summed E-state index contributed by atoms with van der Waals surface area (Å²) in [7, 11) is 1.57. The van der Waals surface area contributed by atoms with Gasteiger partial charge >= 0.3 is 0 Å². The number of benzene rings is 2. The van der Waals surface area contributed by atoms with E-state index < -0.39 is 0 Å². The second-order valence-electron chi connectivity index (χ2n) is 7.38. The van der Waals surface area contributed by atoms with Crippen molar-refractivity contribution in [1.29, 1.82) is 0 Å². The number of rotatable bonds is 6. The number of amides is 1. The van der Waals surface area contributed by atoms with Gasteiger partial charge < -0.3 is 14.4 Å². The van der Waals surface area contributed by atoms with Gasteiger partial charge in [0.15, 0.2) is 18.1 Å². The van der Waals surface area contributed by atoms with E-state index in [0.29, 0.717) is 18.0 Å². The van der Waals surface area contributed by atoms with E-state index in [2.05, 4.69) is 27.8 Å². The van der Waals surface area contributed by atoms with Gasteiger partial charge in [-0.05, 0) is 49.7 Å². The van der Waals surface area contributed by atoms with Crippen molar-refractivity contribution in [1.82, 2.24) is 9.80 Å². The molecule has 0 radical (unpaired) electrons. The normalized spacial score (nSPS) is 19.8. The Morgan fingerprint density at radius 2 is 1.83 bits per heavy atom. The number of carbonyl (C=O) groups excluding carboxylic acids is 1. The summed E-state index contributed by atoms with van der Waals surface area (Å²) in [5.41, 5.74) is 1.07. The third-order valence-corrected chi connectivity index (χ3v) is 5.70. The van der Waals surface area contributed by atoms with Crippen LogP contribution in [0.15, 0.2) is 46.9 Å². The van der Waals surface area contributed by atoms with Crippen LogP contribution in [-0.4, -0.2) is 54.6 Å². The van der Waals surface area contributed by atoms with E-state index in [0.717, 1.165) is 23.1 Å². The number of nitrogens with zero attached hydrogens (tertiary/aromatic N) is 2. The van der Waals surface area contributed by atoms with Gasteiger partial charge in [-0.15, -0.1) is 0 Å². The second-order valence-corrected chi connectivity index (χ2v) is 8.30. The molecule has 0 aromatic heterocycles. The molecular formula is C22H26BrFN2O3. The number of piperazine rings is 1. The molecule has 3 rings (SSSR count). The highest BCUT2D eigenvalue weighted by Crippen LogP contribution is 2.30. The van der Waals surface area contributed by atoms with Crippen molar-refractivity contribution >= 4 is 21.8 Å². The van der Waals surface area contributed by atoms with E-state index in [1.807, 2.05) is 30.0 Å². The van der Waals surface area contributed by atoms with Gasteiger partial charge in [-0.3, -0.25) is 9.69 Å². The second kappa shape index (κ2) is 9.59. The van der Waals surface area contributed by atoms with Gasteiger partial charge in [0.2, 0.25) is 0 Å². The lowest BCUT2D eigenvalue weighted by Crippen LogP contribution is -2.58. The van der Waals surface area contributed by atoms with Gasteiger partial charge in [0.25, 0.3) is 5.91 Å². The summed E-state index contributed by atoms with van der Waals surface area (Å²) in [6, 6.07) is 12.3. The van der Waals surface area contributed by atoms with Gasteiger partial charge in [0.1, 0.15) is 5.82 Å². The zero-order valence-electron chi connectivity index (χ0n) is 16.9. The zero-order valence-corrected chi connectivity index (χ0v) is 18.5. The summed E-state index contributed by atoms with van der Waals surface area (Å²) in [5.74, 6) is 0.848. The van der Waals surface area contributed by atoms with Gasteiger partial charge in [0, 0.05) is 36.2 Å². The highest BCUT2D eigenvalue weighted by atomic mass is 79.9. The van der Waals surface area contributed by atoms with E-state index in [1.54, 1.807) is 19.2 Å². The number of methoxy groups -OCH3 is 1. The average Bonchev–Trinajstić information content (AvgIpc) is 2.70. The van der Waals surface area contributed by atoms with Crippen LogP contribution in [-0.2, 0) is 11.3 Å². The summed E-state index contributed by atoms with van der Waals surface area (Å²) >= 11 is 3.39. The van der Waals surface area contributed by atoms with E-state index in [1.165, 1.54) is 12.1 Å². The van der Waals surface area contributed by atoms with Crippen LogP contribution in [0.25, 0.3) is 0 Å². The van der Waals surface area contributed by atoms with Gasteiger partial charge in [-0.1, -0.05) is 28.1 Å². The van der Waals surface area contributed by atoms with Gasteiger partial charge in [-0.2, -0.15) is 0 Å². The van der Waals surface area contributed by atoms with Crippen LogP contribution in [0.1, 0.15) is 19.4 Å². The Labute approximate surface area is 179 Å². The maximum absolute atomic E-state index is 13.1. The topological polar surface area (TPSA) is 42.0 Å². The minimum Gasteiger partial charge on any atom is -0.493 e. The quantitative estimate of drug-likeness (QED) is 0.645. The molecule has 1 amide bonds. The predicted molar refractivity (Wildman–Crippen MR) is 114 cm³/mol. The number of hydrogen-bond acceptors (Lipinski definition) is 4. The molecule has 7 heteroatoms. The van der Waals surface area contributed by atoms with Crippen LogP contribution in [0.3, 0.4) is 0 Å². The maximum Gasteiger partial charge on any atom is 0.260 e. The van der Waals surface area contributed by atoms with Crippen LogP contribution >= 0.6 is 15.9 Å². The largest absolute Gasteiger partial charge is 0.493 e. The molecule has 1 fully saturated rings. The Morgan fingerprint density at radius 1 is 1.10 bits per heavy atom. The summed E-state index contributed by atoms with van der Waals surface area (Å²) in [5, 5.41) is 0. The van der Waals surface area contributed by atoms with E-state index in [9.17, 15) is 9.18 Å². The van der Waals surface area contributed by atoms with Crippen LogP contribution < -0.4 is 9.47 Å². The minimum atomic E-state index is -0.229. The fraction of sp³-hybridized carbons (Fsp3) is 0.409. The van der Waals surface area contributed by atoms with Crippen molar-refractivity contribution in [2.24, 2.45) is 0 Å². The maximum atomic E-state index is 13.1. The van der Waals surface area contributed by atoms with Crippen LogP contribution in [0.5, 0.6) is 11.5 Å². The first kappa shape index (κ1) is 21.6. The van der Waals surface area contributed by atoms with Gasteiger partial charge in [-0.25, -0.2) is 4.39 Å². The van der Waals surface area contributed by atoms with Crippen LogP contribution in [0.2, 0.25) is 0 Å². The molecule has 5 nitrogen and oxygen atoms in total. The Bertz CT molecular complexity index is 846. The molecule has 2 aromatic carbocycles. The lowest BCUT2D eigenvalue weighted by molar-refractivity contribution is -0.139. The van der Waals surface area contributed by atoms with Gasteiger partial charge in [0.05, 0.1) is 7.11 Å². The Hall–Kier alpha value is -2.12. The highest BCUT2D eigenvalue weighted by molar-refractivity contribution is 9.10. The predicted octanol–water partition coefficient (Wildman–Crippen LogP) is 4.10. The molecule has 1 saturated heterocycles. The van der Waals surface area contributed by atoms with Crippen molar-refractivity contribution in [3.63, 3.8) is 0 Å². The Balaban J connectivity index is 1.58. The van der Waals surface area contributed by atoms with Crippen molar-refractivity contribution in [3.05, 3.63) is 58.3 Å². The zero-order chi connectivity index (χ0) is 21.0. The average molecular weight is 465 g/mol. The molecular weight excluding hydrogens is 439 g/mol. The third kappa shape index (κ3) is 5.48. The number of ether oxygens (including phenoxy) is 2. The molecule has 0 spiro atoms. The summed E-state index contributed by atoms with van der Waals surface area (Å²) in [6.45, 7) is 6.23. The molecule has 2 atom stereocenters. The van der Waals surface area contributed by atoms with Crippen LogP contribution in [0.4, 0.5) is 4.39 Å². The Morgan fingerprint density at radius 3 is 2.52 bits per heavy atom. The van der Waals surface area contributed by atoms with E-state index >= 15 is 0 Å². The molecule has 156 valence electrons. The number of carbonyl (C=O) groups is 1. The standard InChI is InChI=1S/C22H26BrFN2O3/c1-15-12-26(16(2)11-25(15)13-17-4-7-19(24)8-5-17)22(27)14-29-20-9-6-18(23)10-21(20)28-3/h4-10,15-16H,11-14H2,1-3H3. The first-order valence-corrected chi connectivity index (χ1v) is 10.4. The van der Waals surface area contributed by atoms with E-state index in [4.69, 9.17) is 9.47 Å². The first-order valence-electron chi connectivity index (χ1n) is 9.61. The molecule has 1 aliphatic heterocycles. The Kier molecular flexibility index (Phi) is 7.14. The molecule has 2 unspecified atom stereocenters. The smallest absolute Gasteiger partial charge is 0.260 e. The fourth-order valence-electron chi connectivity index (χ4n) is 3.57. The highest BCUT2D eigenvalue weighted by Gasteiger charge is 2.32. The molecule has 0 aliphatic carbocycles. The lowest BCUT2D eigenvalue weighted by Gasteiger charge is -2.44. The molecule has 1 heterocycles. The van der Waals surface area contributed by atoms with Crippen LogP contribution in [0, 0.1) is 5.82 Å². The number of halogens is 2. The number of hydrogen-bond donors (Lipinski definition) is 0. The summed E-state index contributed by atoms with van der Waals surface area (Å²) in [4.78, 5) is 17.0.